The molecule has 2 aromatic rings. The van der Waals surface area contributed by atoms with Gasteiger partial charge in [-0.3, -0.25) is 0 Å². The lowest BCUT2D eigenvalue weighted by atomic mass is 10.3. The Bertz CT molecular complexity index is 398. The molecule has 0 aliphatic carbocycles. The van der Waals surface area contributed by atoms with Crippen molar-refractivity contribution in [3.63, 3.8) is 0 Å². The highest BCUT2D eigenvalue weighted by atomic mass is 79.9. The molecule has 0 spiro atoms. The first-order chi connectivity index (χ1) is 7.24. The lowest BCUT2D eigenvalue weighted by Crippen LogP contribution is -1.87. The zero-order chi connectivity index (χ0) is 10.7. The smallest absolute Gasteiger partial charge is 0.219 e. The van der Waals surface area contributed by atoms with Crippen molar-refractivity contribution >= 4 is 15.9 Å². The van der Waals surface area contributed by atoms with E-state index >= 15 is 0 Å². The predicted molar refractivity (Wildman–Crippen MR) is 58.4 cm³/mol. The Kier molecular flexibility index (Phi) is 2.97. The topological polar surface area (TPSA) is 22.1 Å². The lowest BCUT2D eigenvalue weighted by molar-refractivity contribution is 0.459. The van der Waals surface area contributed by atoms with Crippen LogP contribution < -0.4 is 4.74 Å². The van der Waals surface area contributed by atoms with Crippen LogP contribution in [0.15, 0.2) is 47.1 Å². The molecule has 0 aliphatic rings. The first-order valence-electron chi connectivity index (χ1n) is 4.29. The summed E-state index contributed by atoms with van der Waals surface area (Å²) in [6, 6.07) is 10.1. The van der Waals surface area contributed by atoms with Gasteiger partial charge in [-0.05, 0) is 30.3 Å². The fourth-order valence-corrected chi connectivity index (χ4v) is 1.31. The fraction of sp³-hybridized carbons (Fsp3) is 0. The largest absolute Gasteiger partial charge is 0.439 e. The Morgan fingerprint density at radius 2 is 1.80 bits per heavy atom. The second-order valence-electron chi connectivity index (χ2n) is 2.87. The highest BCUT2D eigenvalue weighted by Crippen LogP contribution is 2.21. The van der Waals surface area contributed by atoms with E-state index < -0.39 is 0 Å². The Morgan fingerprint density at radius 3 is 2.40 bits per heavy atom. The lowest BCUT2D eigenvalue weighted by Gasteiger charge is -2.03. The molecular formula is C11H7BrFNO. The number of ether oxygens (including phenoxy) is 1. The normalized spacial score (nSPS) is 10.0. The van der Waals surface area contributed by atoms with E-state index in [0.29, 0.717) is 11.6 Å². The van der Waals surface area contributed by atoms with Crippen LogP contribution in [0.3, 0.4) is 0 Å². The first kappa shape index (κ1) is 10.1. The number of hydrogen-bond donors (Lipinski definition) is 0. The van der Waals surface area contributed by atoms with E-state index in [-0.39, 0.29) is 5.82 Å². The molecule has 0 saturated carbocycles. The van der Waals surface area contributed by atoms with Crippen LogP contribution in [-0.2, 0) is 0 Å². The standard InChI is InChI=1S/C11H7BrFNO/c12-8-1-4-10(5-2-8)15-11-6-3-9(13)7-14-11/h1-7H. The van der Waals surface area contributed by atoms with Gasteiger partial charge in [0.2, 0.25) is 5.88 Å². The number of aromatic nitrogens is 1. The van der Waals surface area contributed by atoms with Crippen LogP contribution in [0.25, 0.3) is 0 Å². The van der Waals surface area contributed by atoms with Crippen molar-refractivity contribution in [3.05, 3.63) is 52.9 Å². The van der Waals surface area contributed by atoms with Crippen LogP contribution in [0, 0.1) is 5.82 Å². The fourth-order valence-electron chi connectivity index (χ4n) is 1.05. The molecule has 1 aromatic heterocycles. The molecule has 1 aromatic carbocycles. The average Bonchev–Trinajstić information content (AvgIpc) is 2.25. The zero-order valence-corrected chi connectivity index (χ0v) is 9.24. The maximum atomic E-state index is 12.6. The summed E-state index contributed by atoms with van der Waals surface area (Å²) in [4.78, 5) is 3.79. The SMILES string of the molecule is Fc1ccc(Oc2ccc(Br)cc2)nc1. The van der Waals surface area contributed by atoms with Crippen LogP contribution in [0.2, 0.25) is 0 Å². The molecule has 0 fully saturated rings. The van der Waals surface area contributed by atoms with Gasteiger partial charge in [0.1, 0.15) is 11.6 Å². The third-order valence-electron chi connectivity index (χ3n) is 1.74. The molecule has 0 radical (unpaired) electrons. The van der Waals surface area contributed by atoms with Gasteiger partial charge in [-0.1, -0.05) is 15.9 Å². The number of hydrogen-bond acceptors (Lipinski definition) is 2. The summed E-state index contributed by atoms with van der Waals surface area (Å²) in [6.45, 7) is 0. The van der Waals surface area contributed by atoms with Crippen molar-refractivity contribution in [3.8, 4) is 11.6 Å². The molecule has 2 nitrogen and oxygen atoms in total. The summed E-state index contributed by atoms with van der Waals surface area (Å²) in [5, 5.41) is 0. The van der Waals surface area contributed by atoms with Crippen LogP contribution in [-0.4, -0.2) is 4.98 Å². The number of rotatable bonds is 2. The van der Waals surface area contributed by atoms with Crippen molar-refractivity contribution in [2.75, 3.05) is 0 Å². The van der Waals surface area contributed by atoms with E-state index in [1.807, 2.05) is 12.1 Å². The summed E-state index contributed by atoms with van der Waals surface area (Å²) < 4.78 is 18.9. The Hall–Kier alpha value is -1.42. The zero-order valence-electron chi connectivity index (χ0n) is 7.65. The molecule has 4 heteroatoms. The van der Waals surface area contributed by atoms with Gasteiger partial charge < -0.3 is 4.74 Å². The quantitative estimate of drug-likeness (QED) is 0.826. The van der Waals surface area contributed by atoms with Gasteiger partial charge in [0.05, 0.1) is 6.20 Å². The molecule has 0 saturated heterocycles. The minimum absolute atomic E-state index is 0.374. The van der Waals surface area contributed by atoms with E-state index in [4.69, 9.17) is 4.74 Å². The van der Waals surface area contributed by atoms with Crippen LogP contribution >= 0.6 is 15.9 Å². The average molecular weight is 268 g/mol. The van der Waals surface area contributed by atoms with Crippen LogP contribution in [0.1, 0.15) is 0 Å². The summed E-state index contributed by atoms with van der Waals surface area (Å²) >= 11 is 3.32. The number of pyridine rings is 1. The Balaban J connectivity index is 2.15. The second-order valence-corrected chi connectivity index (χ2v) is 3.79. The molecule has 0 bridgehead atoms. The molecule has 1 heterocycles. The second kappa shape index (κ2) is 4.40. The third kappa shape index (κ3) is 2.76. The van der Waals surface area contributed by atoms with Gasteiger partial charge in [0, 0.05) is 10.5 Å². The van der Waals surface area contributed by atoms with E-state index in [9.17, 15) is 4.39 Å². The molecule has 76 valence electrons. The van der Waals surface area contributed by atoms with Crippen molar-refractivity contribution < 1.29 is 9.13 Å². The highest BCUT2D eigenvalue weighted by molar-refractivity contribution is 9.10. The van der Waals surface area contributed by atoms with Crippen molar-refractivity contribution in [1.82, 2.24) is 4.98 Å². The monoisotopic (exact) mass is 267 g/mol. The predicted octanol–water partition coefficient (Wildman–Crippen LogP) is 3.78. The Morgan fingerprint density at radius 1 is 1.07 bits per heavy atom. The maximum Gasteiger partial charge on any atom is 0.219 e. The van der Waals surface area contributed by atoms with Gasteiger partial charge in [0.25, 0.3) is 0 Å². The number of halogens is 2. The third-order valence-corrected chi connectivity index (χ3v) is 2.26. The first-order valence-corrected chi connectivity index (χ1v) is 5.08. The molecule has 0 aliphatic heterocycles. The van der Waals surface area contributed by atoms with Crippen LogP contribution in [0.5, 0.6) is 11.6 Å². The van der Waals surface area contributed by atoms with Gasteiger partial charge in [-0.25, -0.2) is 9.37 Å². The number of benzene rings is 1. The Labute approximate surface area is 94.9 Å². The maximum absolute atomic E-state index is 12.6. The van der Waals surface area contributed by atoms with E-state index in [1.54, 1.807) is 12.1 Å². The number of nitrogens with zero attached hydrogens (tertiary/aromatic N) is 1. The van der Waals surface area contributed by atoms with Gasteiger partial charge in [-0.15, -0.1) is 0 Å². The summed E-state index contributed by atoms with van der Waals surface area (Å²) in [5.74, 6) is 0.661. The molecule has 0 N–H and O–H groups in total. The van der Waals surface area contributed by atoms with Crippen molar-refractivity contribution in [1.29, 1.82) is 0 Å². The van der Waals surface area contributed by atoms with E-state index in [1.165, 1.54) is 12.1 Å². The minimum atomic E-state index is -0.377. The summed E-state index contributed by atoms with van der Waals surface area (Å²) in [7, 11) is 0. The van der Waals surface area contributed by atoms with Crippen molar-refractivity contribution in [2.24, 2.45) is 0 Å². The minimum Gasteiger partial charge on any atom is -0.439 e. The molecule has 0 atom stereocenters. The molecule has 0 amide bonds. The summed E-state index contributed by atoms with van der Waals surface area (Å²) in [5.41, 5.74) is 0. The van der Waals surface area contributed by atoms with Crippen molar-refractivity contribution in [2.45, 2.75) is 0 Å². The summed E-state index contributed by atoms with van der Waals surface area (Å²) in [6.07, 6.45) is 1.12. The molecular weight excluding hydrogens is 261 g/mol. The molecule has 2 rings (SSSR count). The molecule has 15 heavy (non-hydrogen) atoms. The van der Waals surface area contributed by atoms with E-state index in [2.05, 4.69) is 20.9 Å². The van der Waals surface area contributed by atoms with Gasteiger partial charge in [-0.2, -0.15) is 0 Å². The van der Waals surface area contributed by atoms with Gasteiger partial charge in [0.15, 0.2) is 0 Å². The van der Waals surface area contributed by atoms with Crippen LogP contribution in [0.4, 0.5) is 4.39 Å². The van der Waals surface area contributed by atoms with Gasteiger partial charge >= 0.3 is 0 Å². The molecule has 0 unspecified atom stereocenters. The highest BCUT2D eigenvalue weighted by Gasteiger charge is 1.98. The van der Waals surface area contributed by atoms with E-state index in [0.717, 1.165) is 10.7 Å².